The van der Waals surface area contributed by atoms with Gasteiger partial charge < -0.3 is 4.90 Å². The van der Waals surface area contributed by atoms with E-state index >= 15 is 0 Å². The van der Waals surface area contributed by atoms with Crippen molar-refractivity contribution in [2.45, 2.75) is 51.1 Å². The summed E-state index contributed by atoms with van der Waals surface area (Å²) in [6.07, 6.45) is 8.53. The molecular weight excluding hydrogens is 224 g/mol. The van der Waals surface area contributed by atoms with Gasteiger partial charge in [0.15, 0.2) is 0 Å². The third kappa shape index (κ3) is 1.96. The molecule has 0 fully saturated rings. The Labute approximate surface area is 109 Å². The second kappa shape index (κ2) is 4.61. The normalized spacial score (nSPS) is 26.2. The molecule has 3 heteroatoms. The van der Waals surface area contributed by atoms with E-state index in [0.717, 1.165) is 18.4 Å². The maximum Gasteiger partial charge on any atom is 0.353 e. The molecule has 18 heavy (non-hydrogen) atoms. The standard InChI is InChI=1S/C15H20N2O/c1-11(2)17(4)14(18)15(16-3)10-13(15)12-8-6-5-7-9-12/h8,10-11H,5-7,9H2,1-2,4H3/t15-/m0/s1. The summed E-state index contributed by atoms with van der Waals surface area (Å²) < 4.78 is 0. The Kier molecular flexibility index (Phi) is 3.30. The average Bonchev–Trinajstić information content (AvgIpc) is 3.14. The van der Waals surface area contributed by atoms with Crippen LogP contribution in [0.1, 0.15) is 39.5 Å². The summed E-state index contributed by atoms with van der Waals surface area (Å²) in [5.41, 5.74) is 1.22. The van der Waals surface area contributed by atoms with Crippen LogP contribution in [0, 0.1) is 6.57 Å². The van der Waals surface area contributed by atoms with Gasteiger partial charge in [-0.05, 0) is 45.1 Å². The summed E-state index contributed by atoms with van der Waals surface area (Å²) in [5.74, 6) is -0.0750. The predicted molar refractivity (Wildman–Crippen MR) is 71.9 cm³/mol. The number of amides is 1. The highest BCUT2D eigenvalue weighted by Crippen LogP contribution is 2.47. The second-order valence-electron chi connectivity index (χ2n) is 5.42. The molecule has 1 amide bonds. The highest BCUT2D eigenvalue weighted by Gasteiger charge is 2.61. The molecular formula is C15H20N2O. The minimum absolute atomic E-state index is 0.0750. The van der Waals surface area contributed by atoms with E-state index < -0.39 is 5.54 Å². The molecule has 2 aliphatic carbocycles. The van der Waals surface area contributed by atoms with Crippen molar-refractivity contribution in [2.75, 3.05) is 7.05 Å². The predicted octanol–water partition coefficient (Wildman–Crippen LogP) is 2.95. The van der Waals surface area contributed by atoms with Gasteiger partial charge in [-0.2, -0.15) is 0 Å². The number of carbonyl (C=O) groups is 1. The lowest BCUT2D eigenvalue weighted by atomic mass is 9.94. The monoisotopic (exact) mass is 244 g/mol. The highest BCUT2D eigenvalue weighted by molar-refractivity contribution is 6.02. The van der Waals surface area contributed by atoms with Crippen molar-refractivity contribution < 1.29 is 4.79 Å². The van der Waals surface area contributed by atoms with Crippen molar-refractivity contribution in [1.29, 1.82) is 0 Å². The largest absolute Gasteiger partial charge is 0.353 e. The van der Waals surface area contributed by atoms with Crippen LogP contribution in [0.25, 0.3) is 4.85 Å². The highest BCUT2D eigenvalue weighted by atomic mass is 16.2. The van der Waals surface area contributed by atoms with E-state index in [2.05, 4.69) is 10.9 Å². The molecule has 2 aliphatic rings. The van der Waals surface area contributed by atoms with Crippen molar-refractivity contribution in [3.63, 3.8) is 0 Å². The minimum Gasteiger partial charge on any atom is -0.336 e. The topological polar surface area (TPSA) is 24.7 Å². The van der Waals surface area contributed by atoms with Crippen LogP contribution in [0.2, 0.25) is 0 Å². The molecule has 96 valence electrons. The zero-order valence-electron chi connectivity index (χ0n) is 11.4. The fourth-order valence-corrected chi connectivity index (χ4v) is 2.41. The first kappa shape index (κ1) is 12.9. The lowest BCUT2D eigenvalue weighted by Crippen LogP contribution is -2.42. The van der Waals surface area contributed by atoms with Gasteiger partial charge >= 0.3 is 11.4 Å². The molecule has 0 spiro atoms. The van der Waals surface area contributed by atoms with Crippen LogP contribution in [-0.2, 0) is 4.79 Å². The smallest absolute Gasteiger partial charge is 0.336 e. The van der Waals surface area contributed by atoms with Crippen LogP contribution in [0.4, 0.5) is 0 Å². The van der Waals surface area contributed by atoms with Gasteiger partial charge in [-0.3, -0.25) is 9.64 Å². The number of carbonyl (C=O) groups excluding carboxylic acids is 1. The molecule has 0 bridgehead atoms. The summed E-state index contributed by atoms with van der Waals surface area (Å²) in [6, 6.07) is 0.131. The number of hydrogen-bond acceptors (Lipinski definition) is 1. The fraction of sp³-hybridized carbons (Fsp3) is 0.600. The summed E-state index contributed by atoms with van der Waals surface area (Å²) in [4.78, 5) is 17.7. The maximum atomic E-state index is 12.4. The van der Waals surface area contributed by atoms with Crippen molar-refractivity contribution >= 4 is 5.91 Å². The number of likely N-dealkylation sites (N-methyl/N-ethyl adjacent to an activating group) is 1. The molecule has 0 saturated heterocycles. The number of rotatable bonds is 3. The van der Waals surface area contributed by atoms with Gasteiger partial charge in [0.05, 0.1) is 5.57 Å². The summed E-state index contributed by atoms with van der Waals surface area (Å²) in [6.45, 7) is 11.3. The summed E-state index contributed by atoms with van der Waals surface area (Å²) in [7, 11) is 1.78. The van der Waals surface area contributed by atoms with Gasteiger partial charge in [0.2, 0.25) is 0 Å². The SMILES string of the molecule is [C-]#[N+][C@@]1(C(=O)N(C)C(C)C)C=C1C1=CCCCC1. The van der Waals surface area contributed by atoms with E-state index in [-0.39, 0.29) is 11.9 Å². The van der Waals surface area contributed by atoms with E-state index in [1.165, 1.54) is 18.4 Å². The first-order valence-electron chi connectivity index (χ1n) is 6.61. The molecule has 0 aliphatic heterocycles. The van der Waals surface area contributed by atoms with Gasteiger partial charge in [-0.25, -0.2) is 6.57 Å². The van der Waals surface area contributed by atoms with Crippen LogP contribution < -0.4 is 0 Å². The van der Waals surface area contributed by atoms with Crippen molar-refractivity contribution in [1.82, 2.24) is 4.90 Å². The summed E-state index contributed by atoms with van der Waals surface area (Å²) >= 11 is 0. The van der Waals surface area contributed by atoms with E-state index in [9.17, 15) is 4.79 Å². The maximum absolute atomic E-state index is 12.4. The molecule has 0 radical (unpaired) electrons. The number of nitrogens with zero attached hydrogens (tertiary/aromatic N) is 2. The molecule has 0 N–H and O–H groups in total. The van der Waals surface area contributed by atoms with Crippen LogP contribution in [-0.4, -0.2) is 29.4 Å². The molecule has 2 rings (SSSR count). The molecule has 1 atom stereocenters. The van der Waals surface area contributed by atoms with Gasteiger partial charge in [0, 0.05) is 19.2 Å². The lowest BCUT2D eigenvalue weighted by molar-refractivity contribution is -0.132. The van der Waals surface area contributed by atoms with Crippen molar-refractivity contribution in [3.05, 3.63) is 34.7 Å². The quantitative estimate of drug-likeness (QED) is 0.700. The molecule has 0 heterocycles. The van der Waals surface area contributed by atoms with Crippen LogP contribution in [0.15, 0.2) is 23.3 Å². The third-order valence-corrected chi connectivity index (χ3v) is 3.91. The van der Waals surface area contributed by atoms with E-state index in [4.69, 9.17) is 6.57 Å². The number of allylic oxidation sites excluding steroid dienone is 1. The third-order valence-electron chi connectivity index (χ3n) is 3.91. The number of hydrogen-bond donors (Lipinski definition) is 0. The van der Waals surface area contributed by atoms with Crippen LogP contribution in [0.3, 0.4) is 0 Å². The van der Waals surface area contributed by atoms with Crippen molar-refractivity contribution in [2.24, 2.45) is 0 Å². The van der Waals surface area contributed by atoms with Gasteiger partial charge in [0.25, 0.3) is 0 Å². The Morgan fingerprint density at radius 2 is 2.22 bits per heavy atom. The first-order chi connectivity index (χ1) is 8.53. The Hall–Kier alpha value is -1.56. The fourth-order valence-electron chi connectivity index (χ4n) is 2.41. The van der Waals surface area contributed by atoms with Crippen LogP contribution >= 0.6 is 0 Å². The van der Waals surface area contributed by atoms with Gasteiger partial charge in [-0.1, -0.05) is 6.08 Å². The van der Waals surface area contributed by atoms with Crippen LogP contribution in [0.5, 0.6) is 0 Å². The van der Waals surface area contributed by atoms with Gasteiger partial charge in [-0.15, -0.1) is 0 Å². The Bertz CT molecular complexity index is 467. The lowest BCUT2D eigenvalue weighted by Gasteiger charge is -2.23. The average molecular weight is 244 g/mol. The van der Waals surface area contributed by atoms with Gasteiger partial charge in [0.1, 0.15) is 0 Å². The molecule has 0 aromatic carbocycles. The van der Waals surface area contributed by atoms with Crippen molar-refractivity contribution in [3.8, 4) is 0 Å². The molecule has 0 unspecified atom stereocenters. The zero-order valence-corrected chi connectivity index (χ0v) is 11.4. The molecule has 3 nitrogen and oxygen atoms in total. The zero-order chi connectivity index (χ0) is 13.3. The van der Waals surface area contributed by atoms with E-state index in [0.29, 0.717) is 0 Å². The Morgan fingerprint density at radius 3 is 2.72 bits per heavy atom. The van der Waals surface area contributed by atoms with E-state index in [1.807, 2.05) is 19.9 Å². The van der Waals surface area contributed by atoms with E-state index in [1.54, 1.807) is 11.9 Å². The second-order valence-corrected chi connectivity index (χ2v) is 5.42. The molecule has 0 aromatic rings. The Morgan fingerprint density at radius 1 is 1.50 bits per heavy atom. The first-order valence-corrected chi connectivity index (χ1v) is 6.61. The molecule has 0 saturated carbocycles. The summed E-state index contributed by atoms with van der Waals surface area (Å²) in [5, 5.41) is 0. The Balaban J connectivity index is 2.15. The minimum atomic E-state index is -0.970. The molecule has 0 aromatic heterocycles.